The van der Waals surface area contributed by atoms with Gasteiger partial charge in [0.25, 0.3) is 5.91 Å². The van der Waals surface area contributed by atoms with E-state index < -0.39 is 17.9 Å². The molecular formula is C20H17FIN3O3. The summed E-state index contributed by atoms with van der Waals surface area (Å²) >= 11 is 2.00. The molecule has 1 atom stereocenters. The van der Waals surface area contributed by atoms with E-state index in [-0.39, 0.29) is 18.1 Å². The molecule has 3 amide bonds. The SMILES string of the molecule is CNC(=O)c1cccc(NC(=O)N2C=CC(=O)C[C@H]2c2ccc(F)cc2)c1I. The van der Waals surface area contributed by atoms with Crippen molar-refractivity contribution in [3.63, 3.8) is 0 Å². The zero-order valence-corrected chi connectivity index (χ0v) is 17.1. The van der Waals surface area contributed by atoms with Crippen molar-refractivity contribution in [2.45, 2.75) is 12.5 Å². The number of allylic oxidation sites excluding steroid dienone is 1. The third-order valence-corrected chi connectivity index (χ3v) is 5.51. The van der Waals surface area contributed by atoms with Gasteiger partial charge in [0, 0.05) is 23.2 Å². The van der Waals surface area contributed by atoms with Crippen LogP contribution in [-0.4, -0.2) is 29.7 Å². The Bertz CT molecular complexity index is 960. The van der Waals surface area contributed by atoms with Gasteiger partial charge in [-0.3, -0.25) is 14.5 Å². The molecule has 0 radical (unpaired) electrons. The smallest absolute Gasteiger partial charge is 0.326 e. The van der Waals surface area contributed by atoms with Crippen molar-refractivity contribution in [1.82, 2.24) is 10.2 Å². The van der Waals surface area contributed by atoms with Crippen LogP contribution in [0.3, 0.4) is 0 Å². The summed E-state index contributed by atoms with van der Waals surface area (Å²) in [5.74, 6) is -0.763. The number of hydrogen-bond acceptors (Lipinski definition) is 3. The van der Waals surface area contributed by atoms with Gasteiger partial charge in [-0.15, -0.1) is 0 Å². The molecule has 3 rings (SSSR count). The van der Waals surface area contributed by atoms with Crippen LogP contribution in [0.25, 0.3) is 0 Å². The molecule has 2 aromatic carbocycles. The largest absolute Gasteiger partial charge is 0.355 e. The van der Waals surface area contributed by atoms with Crippen LogP contribution in [0.5, 0.6) is 0 Å². The topological polar surface area (TPSA) is 78.5 Å². The number of nitrogens with one attached hydrogen (secondary N) is 2. The Morgan fingerprint density at radius 2 is 1.89 bits per heavy atom. The van der Waals surface area contributed by atoms with E-state index >= 15 is 0 Å². The van der Waals surface area contributed by atoms with Crippen LogP contribution >= 0.6 is 22.6 Å². The van der Waals surface area contributed by atoms with Gasteiger partial charge in [-0.1, -0.05) is 18.2 Å². The third kappa shape index (κ3) is 4.22. The van der Waals surface area contributed by atoms with Crippen LogP contribution in [0.2, 0.25) is 0 Å². The van der Waals surface area contributed by atoms with E-state index in [0.29, 0.717) is 20.4 Å². The first kappa shape index (κ1) is 20.0. The Hall–Kier alpha value is -2.75. The van der Waals surface area contributed by atoms with E-state index in [4.69, 9.17) is 0 Å². The van der Waals surface area contributed by atoms with E-state index in [1.54, 1.807) is 30.3 Å². The number of benzene rings is 2. The molecule has 0 aliphatic carbocycles. The number of carbonyl (C=O) groups excluding carboxylic acids is 3. The van der Waals surface area contributed by atoms with Crippen molar-refractivity contribution >= 4 is 46.0 Å². The molecule has 0 aromatic heterocycles. The molecule has 28 heavy (non-hydrogen) atoms. The van der Waals surface area contributed by atoms with Crippen molar-refractivity contribution in [3.05, 3.63) is 75.3 Å². The lowest BCUT2D eigenvalue weighted by atomic mass is 9.97. The van der Waals surface area contributed by atoms with Gasteiger partial charge in [0.15, 0.2) is 5.78 Å². The van der Waals surface area contributed by atoms with Crippen LogP contribution < -0.4 is 10.6 Å². The molecule has 0 fully saturated rings. The Morgan fingerprint density at radius 3 is 2.57 bits per heavy atom. The average Bonchev–Trinajstić information content (AvgIpc) is 2.69. The van der Waals surface area contributed by atoms with Gasteiger partial charge in [-0.05, 0) is 58.5 Å². The van der Waals surface area contributed by atoms with Gasteiger partial charge in [0.2, 0.25) is 0 Å². The number of hydrogen-bond donors (Lipinski definition) is 2. The molecule has 1 aliphatic rings. The van der Waals surface area contributed by atoms with Crippen molar-refractivity contribution in [3.8, 4) is 0 Å². The molecule has 2 aromatic rings. The van der Waals surface area contributed by atoms with Crippen molar-refractivity contribution < 1.29 is 18.8 Å². The summed E-state index contributed by atoms with van der Waals surface area (Å²) in [6.45, 7) is 0. The predicted molar refractivity (Wildman–Crippen MR) is 111 cm³/mol. The number of rotatable bonds is 3. The Balaban J connectivity index is 1.88. The van der Waals surface area contributed by atoms with Crippen molar-refractivity contribution in [2.75, 3.05) is 12.4 Å². The first-order valence-corrected chi connectivity index (χ1v) is 9.55. The summed E-state index contributed by atoms with van der Waals surface area (Å²) in [5, 5.41) is 5.35. The molecule has 6 nitrogen and oxygen atoms in total. The second-order valence-electron chi connectivity index (χ2n) is 6.14. The van der Waals surface area contributed by atoms with Crippen LogP contribution in [0, 0.1) is 9.39 Å². The normalized spacial score (nSPS) is 16.0. The summed E-state index contributed by atoms with van der Waals surface area (Å²) in [7, 11) is 1.53. The number of ketones is 1. The molecule has 0 spiro atoms. The predicted octanol–water partition coefficient (Wildman–Crippen LogP) is 3.85. The highest BCUT2D eigenvalue weighted by Gasteiger charge is 2.29. The molecule has 8 heteroatoms. The van der Waals surface area contributed by atoms with E-state index in [0.717, 1.165) is 0 Å². The van der Waals surface area contributed by atoms with E-state index in [1.165, 1.54) is 36.4 Å². The number of urea groups is 1. The van der Waals surface area contributed by atoms with E-state index in [1.807, 2.05) is 22.6 Å². The minimum absolute atomic E-state index is 0.102. The molecule has 0 saturated heterocycles. The average molecular weight is 493 g/mol. The molecular weight excluding hydrogens is 476 g/mol. The fourth-order valence-electron chi connectivity index (χ4n) is 2.92. The minimum Gasteiger partial charge on any atom is -0.355 e. The standard InChI is InChI=1S/C20H17FIN3O3/c1-23-19(27)15-3-2-4-16(18(15)22)24-20(28)25-10-9-14(26)11-17(25)12-5-7-13(21)8-6-12/h2-10,17H,11H2,1H3,(H,23,27)(H,24,28)/t17-/m0/s1. The van der Waals surface area contributed by atoms with Gasteiger partial charge in [-0.25, -0.2) is 9.18 Å². The molecule has 1 aliphatic heterocycles. The van der Waals surface area contributed by atoms with Gasteiger partial charge < -0.3 is 10.6 Å². The number of carbonyl (C=O) groups is 3. The summed E-state index contributed by atoms with van der Waals surface area (Å²) in [6, 6.07) is 9.74. The molecule has 1 heterocycles. The Kier molecular flexibility index (Phi) is 6.08. The van der Waals surface area contributed by atoms with E-state index in [9.17, 15) is 18.8 Å². The zero-order valence-electron chi connectivity index (χ0n) is 14.9. The number of nitrogens with zero attached hydrogens (tertiary/aromatic N) is 1. The molecule has 0 bridgehead atoms. The second kappa shape index (κ2) is 8.51. The van der Waals surface area contributed by atoms with Crippen LogP contribution in [0.15, 0.2) is 54.7 Å². The highest BCUT2D eigenvalue weighted by atomic mass is 127. The van der Waals surface area contributed by atoms with Crippen molar-refractivity contribution in [1.29, 1.82) is 0 Å². The van der Waals surface area contributed by atoms with Gasteiger partial charge in [-0.2, -0.15) is 0 Å². The molecule has 144 valence electrons. The fraction of sp³-hybridized carbons (Fsp3) is 0.150. The lowest BCUT2D eigenvalue weighted by Crippen LogP contribution is -2.37. The van der Waals surface area contributed by atoms with Crippen LogP contribution in [0.1, 0.15) is 28.4 Å². The summed E-state index contributed by atoms with van der Waals surface area (Å²) in [4.78, 5) is 38.1. The number of halogens is 2. The van der Waals surface area contributed by atoms with Crippen LogP contribution in [0.4, 0.5) is 14.9 Å². The number of anilines is 1. The maximum Gasteiger partial charge on any atom is 0.326 e. The first-order chi connectivity index (χ1) is 13.4. The Morgan fingerprint density at radius 1 is 1.18 bits per heavy atom. The zero-order chi connectivity index (χ0) is 20.3. The van der Waals surface area contributed by atoms with Gasteiger partial charge in [0.05, 0.1) is 17.3 Å². The number of amides is 3. The van der Waals surface area contributed by atoms with Crippen LogP contribution in [-0.2, 0) is 4.79 Å². The summed E-state index contributed by atoms with van der Waals surface area (Å²) < 4.78 is 13.8. The summed E-state index contributed by atoms with van der Waals surface area (Å²) in [5.41, 5.74) is 1.58. The third-order valence-electron chi connectivity index (χ3n) is 4.35. The monoisotopic (exact) mass is 493 g/mol. The quantitative estimate of drug-likeness (QED) is 0.638. The highest BCUT2D eigenvalue weighted by molar-refractivity contribution is 14.1. The molecule has 0 saturated carbocycles. The lowest BCUT2D eigenvalue weighted by molar-refractivity contribution is -0.116. The second-order valence-corrected chi connectivity index (χ2v) is 7.22. The maximum atomic E-state index is 13.2. The molecule has 0 unspecified atom stereocenters. The van der Waals surface area contributed by atoms with E-state index in [2.05, 4.69) is 10.6 Å². The maximum absolute atomic E-state index is 13.2. The van der Waals surface area contributed by atoms with Gasteiger partial charge in [0.1, 0.15) is 5.82 Å². The fourth-order valence-corrected chi connectivity index (χ4v) is 3.65. The lowest BCUT2D eigenvalue weighted by Gasteiger charge is -2.31. The summed E-state index contributed by atoms with van der Waals surface area (Å²) in [6.07, 6.45) is 2.86. The van der Waals surface area contributed by atoms with Gasteiger partial charge >= 0.3 is 6.03 Å². The highest BCUT2D eigenvalue weighted by Crippen LogP contribution is 2.30. The first-order valence-electron chi connectivity index (χ1n) is 8.47. The minimum atomic E-state index is -0.544. The van der Waals surface area contributed by atoms with Crippen molar-refractivity contribution in [2.24, 2.45) is 0 Å². The molecule has 2 N–H and O–H groups in total. The Labute approximate surface area is 174 Å².